The van der Waals surface area contributed by atoms with E-state index in [4.69, 9.17) is 0 Å². The highest BCUT2D eigenvalue weighted by atomic mass is 14.3. The van der Waals surface area contributed by atoms with Crippen molar-refractivity contribution < 1.29 is 0 Å². The van der Waals surface area contributed by atoms with Crippen molar-refractivity contribution in [3.63, 3.8) is 0 Å². The molecule has 0 aliphatic heterocycles. The standard InChI is InChI=1S/C38H42/c1-26(28-11-9-8-10-12-28)23-27-24-35-33(29-13-17-31(18-14-29)37(2,3)4)21-22-34(36(35)25-27)30-15-19-32(20-16-30)38(5,6)7/h8-22,24,26H,23,25H2,1-7H3. The molecule has 0 amide bonds. The number of allylic oxidation sites excluding steroid dienone is 1. The van der Waals surface area contributed by atoms with E-state index in [2.05, 4.69) is 146 Å². The molecule has 38 heavy (non-hydrogen) atoms. The summed E-state index contributed by atoms with van der Waals surface area (Å²) in [6, 6.07) is 34.1. The summed E-state index contributed by atoms with van der Waals surface area (Å²) in [7, 11) is 0. The molecule has 0 heterocycles. The van der Waals surface area contributed by atoms with E-state index >= 15 is 0 Å². The van der Waals surface area contributed by atoms with E-state index in [-0.39, 0.29) is 10.8 Å². The second-order valence-corrected chi connectivity index (χ2v) is 13.2. The molecular weight excluding hydrogens is 456 g/mol. The van der Waals surface area contributed by atoms with Gasteiger partial charge >= 0.3 is 0 Å². The van der Waals surface area contributed by atoms with Gasteiger partial charge in [0.1, 0.15) is 0 Å². The summed E-state index contributed by atoms with van der Waals surface area (Å²) in [4.78, 5) is 0. The van der Waals surface area contributed by atoms with Gasteiger partial charge < -0.3 is 0 Å². The number of benzene rings is 4. The highest BCUT2D eigenvalue weighted by molar-refractivity contribution is 5.87. The van der Waals surface area contributed by atoms with Crippen molar-refractivity contribution in [1.29, 1.82) is 0 Å². The average Bonchev–Trinajstić information content (AvgIpc) is 3.31. The highest BCUT2D eigenvalue weighted by Gasteiger charge is 2.23. The number of fused-ring (bicyclic) bond motifs is 1. The van der Waals surface area contributed by atoms with Gasteiger partial charge in [0, 0.05) is 0 Å². The van der Waals surface area contributed by atoms with Crippen molar-refractivity contribution in [2.45, 2.75) is 78.1 Å². The SMILES string of the molecule is CC(CC1=Cc2c(-c3ccc(C(C)(C)C)cc3)ccc(-c3ccc(C(C)(C)C)cc3)c2C1)c1ccccc1. The van der Waals surface area contributed by atoms with Crippen molar-refractivity contribution in [1.82, 2.24) is 0 Å². The predicted octanol–water partition coefficient (Wildman–Crippen LogP) is 10.7. The van der Waals surface area contributed by atoms with Crippen molar-refractivity contribution in [2.75, 3.05) is 0 Å². The van der Waals surface area contributed by atoms with Gasteiger partial charge in [-0.1, -0.05) is 151 Å². The fourth-order valence-electron chi connectivity index (χ4n) is 5.75. The minimum absolute atomic E-state index is 0.157. The van der Waals surface area contributed by atoms with Crippen molar-refractivity contribution >= 4 is 6.08 Å². The molecule has 0 heteroatoms. The van der Waals surface area contributed by atoms with Crippen molar-refractivity contribution in [3.05, 3.63) is 124 Å². The van der Waals surface area contributed by atoms with Gasteiger partial charge in [0.25, 0.3) is 0 Å². The topological polar surface area (TPSA) is 0 Å². The van der Waals surface area contributed by atoms with E-state index in [9.17, 15) is 0 Å². The van der Waals surface area contributed by atoms with Crippen LogP contribution in [0.4, 0.5) is 0 Å². The molecule has 194 valence electrons. The Morgan fingerprint density at radius 3 is 1.63 bits per heavy atom. The number of hydrogen-bond donors (Lipinski definition) is 0. The Kier molecular flexibility index (Phi) is 6.95. The third kappa shape index (κ3) is 5.41. The Balaban J connectivity index is 1.55. The quantitative estimate of drug-likeness (QED) is 0.257. The lowest BCUT2D eigenvalue weighted by Crippen LogP contribution is -2.10. The smallest absolute Gasteiger partial charge is 0.00512 e. The molecule has 0 saturated heterocycles. The van der Waals surface area contributed by atoms with E-state index in [0.29, 0.717) is 5.92 Å². The lowest BCUT2D eigenvalue weighted by atomic mass is 9.84. The van der Waals surface area contributed by atoms with E-state index in [1.165, 1.54) is 55.6 Å². The molecule has 5 rings (SSSR count). The predicted molar refractivity (Wildman–Crippen MR) is 166 cm³/mol. The Bertz CT molecular complexity index is 1430. The van der Waals surface area contributed by atoms with E-state index < -0.39 is 0 Å². The molecule has 0 nitrogen and oxygen atoms in total. The van der Waals surface area contributed by atoms with Gasteiger partial charge in [0.2, 0.25) is 0 Å². The Morgan fingerprint density at radius 2 is 1.11 bits per heavy atom. The molecule has 0 N–H and O–H groups in total. The molecule has 0 fully saturated rings. The normalized spacial score (nSPS) is 14.2. The molecule has 1 unspecified atom stereocenters. The van der Waals surface area contributed by atoms with Crippen LogP contribution in [-0.2, 0) is 17.3 Å². The maximum atomic E-state index is 2.49. The first-order valence-electron chi connectivity index (χ1n) is 14.1. The van der Waals surface area contributed by atoms with Gasteiger partial charge in [0.15, 0.2) is 0 Å². The van der Waals surface area contributed by atoms with Gasteiger partial charge in [-0.2, -0.15) is 0 Å². The monoisotopic (exact) mass is 498 g/mol. The lowest BCUT2D eigenvalue weighted by Gasteiger charge is -2.20. The lowest BCUT2D eigenvalue weighted by molar-refractivity contribution is 0.590. The number of rotatable bonds is 5. The van der Waals surface area contributed by atoms with Gasteiger partial charge in [-0.3, -0.25) is 0 Å². The summed E-state index contributed by atoms with van der Waals surface area (Å²) < 4.78 is 0. The van der Waals surface area contributed by atoms with Crippen LogP contribution in [-0.4, -0.2) is 0 Å². The summed E-state index contributed by atoms with van der Waals surface area (Å²) >= 11 is 0. The van der Waals surface area contributed by atoms with Crippen LogP contribution in [0.3, 0.4) is 0 Å². The summed E-state index contributed by atoms with van der Waals surface area (Å²) in [6.45, 7) is 16.0. The Hall–Kier alpha value is -3.38. The second-order valence-electron chi connectivity index (χ2n) is 13.2. The van der Waals surface area contributed by atoms with Crippen molar-refractivity contribution in [3.8, 4) is 22.3 Å². The summed E-state index contributed by atoms with van der Waals surface area (Å²) in [6.07, 6.45) is 4.61. The van der Waals surface area contributed by atoms with Crippen LogP contribution in [0.1, 0.15) is 88.6 Å². The van der Waals surface area contributed by atoms with Crippen LogP contribution in [0.2, 0.25) is 0 Å². The molecule has 0 aromatic heterocycles. The molecule has 0 bridgehead atoms. The van der Waals surface area contributed by atoms with Crippen LogP contribution in [0.25, 0.3) is 28.3 Å². The zero-order valence-electron chi connectivity index (χ0n) is 24.2. The Labute approximate surface area is 230 Å². The minimum Gasteiger partial charge on any atom is -0.0646 e. The van der Waals surface area contributed by atoms with Crippen LogP contribution in [0.15, 0.2) is 96.6 Å². The first kappa shape index (κ1) is 26.2. The zero-order valence-corrected chi connectivity index (χ0v) is 24.2. The molecule has 0 saturated carbocycles. The largest absolute Gasteiger partial charge is 0.0646 e. The average molecular weight is 499 g/mol. The van der Waals surface area contributed by atoms with Gasteiger partial charge in [-0.25, -0.2) is 0 Å². The number of hydrogen-bond acceptors (Lipinski definition) is 0. The van der Waals surface area contributed by atoms with Crippen LogP contribution >= 0.6 is 0 Å². The van der Waals surface area contributed by atoms with E-state index in [0.717, 1.165) is 12.8 Å². The molecule has 4 aromatic carbocycles. The van der Waals surface area contributed by atoms with Crippen LogP contribution in [0.5, 0.6) is 0 Å². The molecule has 0 radical (unpaired) electrons. The highest BCUT2D eigenvalue weighted by Crippen LogP contribution is 2.42. The molecule has 1 atom stereocenters. The molecule has 0 spiro atoms. The minimum atomic E-state index is 0.157. The summed E-state index contributed by atoms with van der Waals surface area (Å²) in [5.41, 5.74) is 14.2. The summed E-state index contributed by atoms with van der Waals surface area (Å²) in [5.74, 6) is 0.501. The van der Waals surface area contributed by atoms with Crippen LogP contribution < -0.4 is 0 Å². The third-order valence-electron chi connectivity index (χ3n) is 8.17. The van der Waals surface area contributed by atoms with Gasteiger partial charge in [-0.05, 0) is 79.7 Å². The van der Waals surface area contributed by atoms with Gasteiger partial charge in [0.05, 0.1) is 0 Å². The molecular formula is C38H42. The second kappa shape index (κ2) is 10.1. The third-order valence-corrected chi connectivity index (χ3v) is 8.17. The summed E-state index contributed by atoms with van der Waals surface area (Å²) in [5, 5.41) is 0. The van der Waals surface area contributed by atoms with E-state index in [1.807, 2.05) is 0 Å². The van der Waals surface area contributed by atoms with Gasteiger partial charge in [-0.15, -0.1) is 0 Å². The zero-order chi connectivity index (χ0) is 27.1. The molecule has 1 aliphatic rings. The molecule has 4 aromatic rings. The van der Waals surface area contributed by atoms with E-state index in [1.54, 1.807) is 0 Å². The maximum Gasteiger partial charge on any atom is -0.00512 e. The van der Waals surface area contributed by atoms with Crippen molar-refractivity contribution in [2.24, 2.45) is 0 Å². The fraction of sp³-hybridized carbons (Fsp3) is 0.316. The maximum absolute atomic E-state index is 2.49. The molecule has 1 aliphatic carbocycles. The van der Waals surface area contributed by atoms with Crippen LogP contribution in [0, 0.1) is 0 Å². The Morgan fingerprint density at radius 1 is 0.605 bits per heavy atom. The fourth-order valence-corrected chi connectivity index (χ4v) is 5.75. The first-order valence-corrected chi connectivity index (χ1v) is 14.1. The first-order chi connectivity index (χ1) is 18.0.